The van der Waals surface area contributed by atoms with Gasteiger partial charge in [0.1, 0.15) is 11.9 Å². The molecule has 0 spiro atoms. The van der Waals surface area contributed by atoms with E-state index in [0.29, 0.717) is 42.5 Å². The number of cyclic esters (lactones) is 1. The minimum Gasteiger partial charge on any atom is -0.442 e. The van der Waals surface area contributed by atoms with Crippen LogP contribution in [0.4, 0.5) is 20.6 Å². The van der Waals surface area contributed by atoms with Crippen LogP contribution in [-0.4, -0.2) is 69.2 Å². The number of thiocarbonyl (C=S) groups is 1. The van der Waals surface area contributed by atoms with Crippen LogP contribution in [0.15, 0.2) is 18.2 Å². The van der Waals surface area contributed by atoms with Crippen molar-refractivity contribution in [3.63, 3.8) is 0 Å². The summed E-state index contributed by atoms with van der Waals surface area (Å²) in [4.78, 5) is 15.8. The summed E-state index contributed by atoms with van der Waals surface area (Å²) in [6.07, 6.45) is -0.915. The average Bonchev–Trinajstić information content (AvgIpc) is 3.00. The fourth-order valence-electron chi connectivity index (χ4n) is 3.20. The number of rotatable bonds is 5. The number of halogens is 1. The Morgan fingerprint density at radius 2 is 2.04 bits per heavy atom. The first-order chi connectivity index (χ1) is 13.1. The number of nitrogens with zero attached hydrogens (tertiary/aromatic N) is 3. The van der Waals surface area contributed by atoms with E-state index in [-0.39, 0.29) is 19.2 Å². The number of hydrogen-bond acceptors (Lipinski definition) is 6. The molecule has 12 heteroatoms. The van der Waals surface area contributed by atoms with Gasteiger partial charge in [-0.3, -0.25) is 4.90 Å². The van der Waals surface area contributed by atoms with Crippen molar-refractivity contribution < 1.29 is 22.3 Å². The molecule has 9 nitrogen and oxygen atoms in total. The molecular weight excluding hydrogens is 409 g/mol. The Bertz CT molecular complexity index is 874. The van der Waals surface area contributed by atoms with E-state index in [4.69, 9.17) is 22.1 Å². The Labute approximate surface area is 168 Å². The summed E-state index contributed by atoms with van der Waals surface area (Å²) < 4.78 is 43.9. The van der Waals surface area contributed by atoms with Crippen LogP contribution < -0.4 is 20.3 Å². The van der Waals surface area contributed by atoms with E-state index in [9.17, 15) is 17.6 Å². The van der Waals surface area contributed by atoms with Gasteiger partial charge >= 0.3 is 6.09 Å². The Morgan fingerprint density at radius 1 is 1.36 bits per heavy atom. The van der Waals surface area contributed by atoms with Crippen LogP contribution in [0.2, 0.25) is 0 Å². The van der Waals surface area contributed by atoms with Crippen molar-refractivity contribution in [2.75, 3.05) is 49.1 Å². The number of benzene rings is 1. The van der Waals surface area contributed by atoms with E-state index in [0.717, 1.165) is 4.31 Å². The molecule has 0 bridgehead atoms. The lowest BCUT2D eigenvalue weighted by molar-refractivity contribution is 0.143. The molecule has 0 saturated carbocycles. The molecule has 0 radical (unpaired) electrons. The second kappa shape index (κ2) is 8.15. The van der Waals surface area contributed by atoms with Crippen LogP contribution in [-0.2, 0) is 14.9 Å². The normalized spacial score (nSPS) is 21.0. The van der Waals surface area contributed by atoms with Crippen molar-refractivity contribution in [1.82, 2.24) is 9.62 Å². The summed E-state index contributed by atoms with van der Waals surface area (Å²) in [5.41, 5.74) is 0.746. The number of amides is 1. The first kappa shape index (κ1) is 20.7. The zero-order chi connectivity index (χ0) is 20.5. The SMILES string of the molecule is CC(=S)NCC1CN(c2ccc(N3CCN(S(N)(=O)=O)CC3)c(F)c2)C(=O)O1. The highest BCUT2D eigenvalue weighted by atomic mass is 32.2. The van der Waals surface area contributed by atoms with Crippen LogP contribution in [0.25, 0.3) is 0 Å². The highest BCUT2D eigenvalue weighted by Crippen LogP contribution is 2.28. The van der Waals surface area contributed by atoms with E-state index in [1.165, 1.54) is 11.0 Å². The van der Waals surface area contributed by atoms with Crippen molar-refractivity contribution in [3.8, 4) is 0 Å². The Balaban J connectivity index is 1.66. The number of ether oxygens (including phenoxy) is 1. The molecule has 1 aromatic carbocycles. The number of nitrogens with two attached hydrogens (primary N) is 1. The third-order valence-electron chi connectivity index (χ3n) is 4.63. The molecule has 28 heavy (non-hydrogen) atoms. The third kappa shape index (κ3) is 4.69. The molecule has 1 unspecified atom stereocenters. The predicted octanol–water partition coefficient (Wildman–Crippen LogP) is 0.413. The van der Waals surface area contributed by atoms with Crippen LogP contribution >= 0.6 is 12.2 Å². The fraction of sp³-hybridized carbons (Fsp3) is 0.500. The maximum atomic E-state index is 14.7. The van der Waals surface area contributed by atoms with Gasteiger partial charge in [-0.25, -0.2) is 14.3 Å². The molecule has 2 aliphatic heterocycles. The summed E-state index contributed by atoms with van der Waals surface area (Å²) in [6, 6.07) is 4.51. The standard InChI is InChI=1S/C16H22FN5O4S2/c1-11(27)19-9-13-10-22(16(23)26-13)12-2-3-15(14(17)8-12)20-4-6-21(7-5-20)28(18,24)25/h2-3,8,13H,4-7,9-10H2,1H3,(H,19,27)(H2,18,24,25). The fourth-order valence-corrected chi connectivity index (χ4v) is 3.96. The van der Waals surface area contributed by atoms with Gasteiger partial charge in [-0.15, -0.1) is 0 Å². The van der Waals surface area contributed by atoms with Gasteiger partial charge in [0, 0.05) is 26.2 Å². The van der Waals surface area contributed by atoms with Gasteiger partial charge in [-0.05, 0) is 25.1 Å². The lowest BCUT2D eigenvalue weighted by Gasteiger charge is -2.34. The molecule has 3 rings (SSSR count). The number of anilines is 2. The summed E-state index contributed by atoms with van der Waals surface area (Å²) in [5, 5.41) is 8.07. The summed E-state index contributed by atoms with van der Waals surface area (Å²) >= 11 is 4.94. The molecule has 0 aliphatic carbocycles. The zero-order valence-electron chi connectivity index (χ0n) is 15.3. The Morgan fingerprint density at radius 3 is 2.61 bits per heavy atom. The Kier molecular flexibility index (Phi) is 6.03. The molecule has 3 N–H and O–H groups in total. The van der Waals surface area contributed by atoms with Crippen LogP contribution in [0.3, 0.4) is 0 Å². The minimum atomic E-state index is -3.74. The van der Waals surface area contributed by atoms with Gasteiger partial charge < -0.3 is 15.0 Å². The van der Waals surface area contributed by atoms with E-state index < -0.39 is 22.1 Å². The van der Waals surface area contributed by atoms with E-state index in [1.54, 1.807) is 24.0 Å². The van der Waals surface area contributed by atoms with Gasteiger partial charge in [0.05, 0.1) is 29.5 Å². The largest absolute Gasteiger partial charge is 0.442 e. The van der Waals surface area contributed by atoms with E-state index in [2.05, 4.69) is 5.32 Å². The van der Waals surface area contributed by atoms with E-state index in [1.807, 2.05) is 0 Å². The Hall–Kier alpha value is -2.02. The molecule has 0 aromatic heterocycles. The average molecular weight is 432 g/mol. The first-order valence-electron chi connectivity index (χ1n) is 8.70. The molecule has 1 aromatic rings. The number of hydrogen-bond donors (Lipinski definition) is 2. The minimum absolute atomic E-state index is 0.187. The molecule has 2 heterocycles. The lowest BCUT2D eigenvalue weighted by Crippen LogP contribution is -2.50. The number of carbonyl (C=O) groups excluding carboxylic acids is 1. The van der Waals surface area contributed by atoms with Crippen molar-refractivity contribution in [2.45, 2.75) is 13.0 Å². The molecule has 154 valence electrons. The van der Waals surface area contributed by atoms with Gasteiger partial charge in [0.2, 0.25) is 0 Å². The van der Waals surface area contributed by atoms with Crippen LogP contribution in [0.5, 0.6) is 0 Å². The molecular formula is C16H22FN5O4S2. The van der Waals surface area contributed by atoms with E-state index >= 15 is 0 Å². The number of carbonyl (C=O) groups is 1. The molecule has 2 fully saturated rings. The smallest absolute Gasteiger partial charge is 0.414 e. The predicted molar refractivity (Wildman–Crippen MR) is 107 cm³/mol. The lowest BCUT2D eigenvalue weighted by atomic mass is 10.2. The maximum Gasteiger partial charge on any atom is 0.414 e. The van der Waals surface area contributed by atoms with Gasteiger partial charge in [-0.2, -0.15) is 12.7 Å². The van der Waals surface area contributed by atoms with Gasteiger partial charge in [0.15, 0.2) is 0 Å². The maximum absolute atomic E-state index is 14.7. The van der Waals surface area contributed by atoms with Crippen molar-refractivity contribution in [1.29, 1.82) is 0 Å². The number of piperazine rings is 1. The molecule has 1 atom stereocenters. The second-order valence-corrected chi connectivity index (χ2v) is 8.78. The van der Waals surface area contributed by atoms with Crippen LogP contribution in [0, 0.1) is 5.82 Å². The van der Waals surface area contributed by atoms with Crippen molar-refractivity contribution >= 4 is 44.9 Å². The quantitative estimate of drug-likeness (QED) is 0.650. The van der Waals surface area contributed by atoms with Gasteiger partial charge in [-0.1, -0.05) is 12.2 Å². The highest BCUT2D eigenvalue weighted by Gasteiger charge is 2.33. The summed E-state index contributed by atoms with van der Waals surface area (Å²) in [6.45, 7) is 3.44. The molecule has 2 saturated heterocycles. The molecule has 2 aliphatic rings. The van der Waals surface area contributed by atoms with Crippen molar-refractivity contribution in [3.05, 3.63) is 24.0 Å². The second-order valence-electron chi connectivity index (χ2n) is 6.62. The topological polar surface area (TPSA) is 108 Å². The van der Waals surface area contributed by atoms with Crippen molar-refractivity contribution in [2.24, 2.45) is 5.14 Å². The summed E-state index contributed by atoms with van der Waals surface area (Å²) in [5.74, 6) is -0.495. The molecule has 1 amide bonds. The van der Waals surface area contributed by atoms with Gasteiger partial charge in [0.25, 0.3) is 10.2 Å². The highest BCUT2D eigenvalue weighted by molar-refractivity contribution is 7.86. The number of nitrogens with one attached hydrogen (secondary N) is 1. The monoisotopic (exact) mass is 431 g/mol. The summed E-state index contributed by atoms with van der Waals surface area (Å²) in [7, 11) is -3.74. The first-order valence-corrected chi connectivity index (χ1v) is 10.6. The zero-order valence-corrected chi connectivity index (χ0v) is 16.9. The third-order valence-corrected chi connectivity index (χ3v) is 5.86. The van der Waals surface area contributed by atoms with Crippen LogP contribution in [0.1, 0.15) is 6.92 Å².